The maximum Gasteiger partial charge on any atom is 0.163 e. The molecule has 0 saturated carbocycles. The highest BCUT2D eigenvalue weighted by Gasteiger charge is 2.10. The van der Waals surface area contributed by atoms with Gasteiger partial charge < -0.3 is 20.3 Å². The Labute approximate surface area is 228 Å². The summed E-state index contributed by atoms with van der Waals surface area (Å²) in [4.78, 5) is 31.3. The number of fused-ring (bicyclic) bond motifs is 2. The van der Waals surface area contributed by atoms with Crippen LogP contribution in [0.2, 0.25) is 5.15 Å². The molecule has 0 spiro atoms. The minimum Gasteiger partial charge on any atom is -0.369 e. The van der Waals surface area contributed by atoms with Gasteiger partial charge >= 0.3 is 0 Å². The smallest absolute Gasteiger partial charge is 0.163 e. The number of nitrogens with one attached hydrogen (secondary N) is 4. The van der Waals surface area contributed by atoms with Crippen molar-refractivity contribution in [1.82, 2.24) is 39.9 Å². The summed E-state index contributed by atoms with van der Waals surface area (Å²) in [5, 5.41) is 5.72. The summed E-state index contributed by atoms with van der Waals surface area (Å²) in [5.74, 6) is 2.19. The van der Waals surface area contributed by atoms with Crippen LogP contribution in [-0.2, 0) is 6.42 Å². The Balaban J connectivity index is 0.000000151. The maximum atomic E-state index is 6.08. The second kappa shape index (κ2) is 11.2. The summed E-state index contributed by atoms with van der Waals surface area (Å²) in [6.45, 7) is 0.772. The molecule has 0 amide bonds. The Morgan fingerprint density at radius 3 is 1.92 bits per heavy atom. The highest BCUT2D eigenvalue weighted by Crippen LogP contribution is 2.25. The van der Waals surface area contributed by atoms with E-state index in [2.05, 4.69) is 40.2 Å². The number of rotatable bonds is 6. The first-order chi connectivity index (χ1) is 19.2. The van der Waals surface area contributed by atoms with Gasteiger partial charge in [0.15, 0.2) is 11.6 Å². The third-order valence-electron chi connectivity index (χ3n) is 6.09. The van der Waals surface area contributed by atoms with Crippen LogP contribution in [0.25, 0.3) is 44.8 Å². The van der Waals surface area contributed by atoms with E-state index in [1.54, 1.807) is 12.5 Å². The molecule has 0 aliphatic rings. The summed E-state index contributed by atoms with van der Waals surface area (Å²) in [6.07, 6.45) is 8.08. The Bertz CT molecular complexity index is 1790. The lowest BCUT2D eigenvalue weighted by atomic mass is 10.2. The van der Waals surface area contributed by atoms with Crippen LogP contribution in [0.1, 0.15) is 5.69 Å². The largest absolute Gasteiger partial charge is 0.369 e. The number of H-pyrrole nitrogens is 3. The fraction of sp³-hybridized carbons (Fsp3) is 0.0690. The molecule has 0 saturated heterocycles. The van der Waals surface area contributed by atoms with Gasteiger partial charge in [-0.3, -0.25) is 0 Å². The molecule has 0 radical (unpaired) electrons. The Morgan fingerprint density at radius 1 is 0.667 bits per heavy atom. The second-order valence-electron chi connectivity index (χ2n) is 8.70. The monoisotopic (exact) mass is 533 g/mol. The quantitative estimate of drug-likeness (QED) is 0.186. The first kappa shape index (κ1) is 24.3. The van der Waals surface area contributed by atoms with Gasteiger partial charge in [-0.2, -0.15) is 0 Å². The number of hydrogen-bond donors (Lipinski definition) is 4. The van der Waals surface area contributed by atoms with Crippen molar-refractivity contribution in [1.29, 1.82) is 0 Å². The molecule has 0 bridgehead atoms. The molecule has 0 unspecified atom stereocenters. The summed E-state index contributed by atoms with van der Waals surface area (Å²) >= 11 is 6.08. The number of anilines is 1. The normalized spacial score (nSPS) is 10.9. The number of aromatic nitrogens is 8. The van der Waals surface area contributed by atoms with Gasteiger partial charge in [-0.25, -0.2) is 24.9 Å². The molecule has 39 heavy (non-hydrogen) atoms. The molecule has 0 aliphatic carbocycles. The molecule has 5 aromatic heterocycles. The molecular formula is C29H24ClN9. The van der Waals surface area contributed by atoms with Crippen LogP contribution in [0.15, 0.2) is 97.7 Å². The number of hydrogen-bond acceptors (Lipinski definition) is 6. The van der Waals surface area contributed by atoms with Crippen LogP contribution in [0.4, 0.5) is 5.82 Å². The van der Waals surface area contributed by atoms with Crippen molar-refractivity contribution < 1.29 is 0 Å². The van der Waals surface area contributed by atoms with Gasteiger partial charge in [0, 0.05) is 48.4 Å². The van der Waals surface area contributed by atoms with Gasteiger partial charge in [0.05, 0.1) is 17.1 Å². The summed E-state index contributed by atoms with van der Waals surface area (Å²) in [7, 11) is 0. The van der Waals surface area contributed by atoms with Crippen molar-refractivity contribution in [3.8, 4) is 22.8 Å². The zero-order chi connectivity index (χ0) is 26.4. The Kier molecular flexibility index (Phi) is 6.96. The minimum absolute atomic E-state index is 0.477. The number of aromatic amines is 3. The summed E-state index contributed by atoms with van der Waals surface area (Å²) < 4.78 is 0. The van der Waals surface area contributed by atoms with Crippen LogP contribution in [0.3, 0.4) is 0 Å². The van der Waals surface area contributed by atoms with E-state index in [-0.39, 0.29) is 0 Å². The van der Waals surface area contributed by atoms with Crippen LogP contribution in [0.5, 0.6) is 0 Å². The zero-order valence-corrected chi connectivity index (χ0v) is 21.5. The van der Waals surface area contributed by atoms with Crippen molar-refractivity contribution in [2.45, 2.75) is 6.42 Å². The van der Waals surface area contributed by atoms with Crippen molar-refractivity contribution in [2.75, 3.05) is 11.9 Å². The Morgan fingerprint density at radius 2 is 1.28 bits per heavy atom. The molecule has 9 nitrogen and oxygen atoms in total. The first-order valence-electron chi connectivity index (χ1n) is 12.4. The average Bonchev–Trinajstić information content (AvgIpc) is 3.77. The molecule has 192 valence electrons. The Hall–Kier alpha value is -5.02. The topological polar surface area (TPSA) is 124 Å². The van der Waals surface area contributed by atoms with Crippen molar-refractivity contribution in [2.24, 2.45) is 0 Å². The lowest BCUT2D eigenvalue weighted by molar-refractivity contribution is 0.969. The molecule has 0 atom stereocenters. The highest BCUT2D eigenvalue weighted by molar-refractivity contribution is 6.34. The van der Waals surface area contributed by atoms with E-state index >= 15 is 0 Å². The highest BCUT2D eigenvalue weighted by atomic mass is 35.5. The maximum absolute atomic E-state index is 6.08. The number of nitrogens with zero attached hydrogens (tertiary/aromatic N) is 5. The third kappa shape index (κ3) is 5.48. The van der Waals surface area contributed by atoms with Gasteiger partial charge in [0.25, 0.3) is 0 Å². The molecule has 2 aromatic carbocycles. The molecule has 0 fully saturated rings. The first-order valence-corrected chi connectivity index (χ1v) is 12.8. The standard InChI is InChI=1S/C17H16N6.C12H8ClN3/c1-2-4-12(5-3-1)15-22-16(14-7-9-20-17(14)23-15)19-8-6-13-10-18-11-21-13;13-10-9-6-7-14-12(9)16-11(15-10)8-4-2-1-3-5-8/h1-5,7,9-11H,6,8H2,(H,18,21)(H2,19,20,22,23);1-7H,(H,14,15,16). The average molecular weight is 534 g/mol. The number of halogens is 1. The van der Waals surface area contributed by atoms with Crippen LogP contribution in [0, 0.1) is 0 Å². The SMILES string of the molecule is Clc1nc(-c2ccccc2)nc2[nH]ccc12.c1ccc(-c2nc(NCCc3cnc[nH]3)c3cc[nH]c3n2)cc1. The van der Waals surface area contributed by atoms with E-state index in [4.69, 9.17) is 16.6 Å². The van der Waals surface area contributed by atoms with Crippen LogP contribution >= 0.6 is 11.6 Å². The molecule has 5 heterocycles. The van der Waals surface area contributed by atoms with Gasteiger partial charge in [-0.15, -0.1) is 0 Å². The fourth-order valence-corrected chi connectivity index (χ4v) is 4.38. The van der Waals surface area contributed by atoms with Crippen molar-refractivity contribution in [3.63, 3.8) is 0 Å². The molecule has 7 aromatic rings. The van der Waals surface area contributed by atoms with E-state index in [0.717, 1.165) is 57.7 Å². The predicted molar refractivity (Wildman–Crippen MR) is 154 cm³/mol. The van der Waals surface area contributed by atoms with Crippen LogP contribution in [-0.4, -0.2) is 46.4 Å². The van der Waals surface area contributed by atoms with E-state index in [1.807, 2.05) is 85.2 Å². The van der Waals surface area contributed by atoms with Crippen LogP contribution < -0.4 is 5.32 Å². The van der Waals surface area contributed by atoms with E-state index in [1.165, 1.54) is 0 Å². The molecule has 7 rings (SSSR count). The third-order valence-corrected chi connectivity index (χ3v) is 6.38. The predicted octanol–water partition coefficient (Wildman–Crippen LogP) is 6.28. The molecule has 0 aliphatic heterocycles. The molecule has 10 heteroatoms. The van der Waals surface area contributed by atoms with Gasteiger partial charge in [0.2, 0.25) is 0 Å². The van der Waals surface area contributed by atoms with Gasteiger partial charge in [-0.1, -0.05) is 72.3 Å². The number of imidazole rings is 1. The summed E-state index contributed by atoms with van der Waals surface area (Å²) in [5.41, 5.74) is 4.66. The molecule has 4 N–H and O–H groups in total. The fourth-order valence-electron chi connectivity index (χ4n) is 4.15. The van der Waals surface area contributed by atoms with E-state index in [9.17, 15) is 0 Å². The lowest BCUT2D eigenvalue weighted by Crippen LogP contribution is -2.08. The van der Waals surface area contributed by atoms with Gasteiger partial charge in [-0.05, 0) is 12.1 Å². The number of benzene rings is 2. The second-order valence-corrected chi connectivity index (χ2v) is 9.06. The van der Waals surface area contributed by atoms with E-state index in [0.29, 0.717) is 16.8 Å². The van der Waals surface area contributed by atoms with E-state index < -0.39 is 0 Å². The summed E-state index contributed by atoms with van der Waals surface area (Å²) in [6, 6.07) is 23.6. The lowest BCUT2D eigenvalue weighted by Gasteiger charge is -2.08. The molecular weight excluding hydrogens is 510 g/mol. The zero-order valence-electron chi connectivity index (χ0n) is 20.8. The van der Waals surface area contributed by atoms with Crippen molar-refractivity contribution >= 4 is 39.5 Å². The van der Waals surface area contributed by atoms with Crippen molar-refractivity contribution in [3.05, 3.63) is 109 Å². The minimum atomic E-state index is 0.477. The van der Waals surface area contributed by atoms with Gasteiger partial charge in [0.1, 0.15) is 22.3 Å².